The van der Waals surface area contributed by atoms with Gasteiger partial charge in [0.15, 0.2) is 0 Å². The molecule has 2 rings (SSSR count). The van der Waals surface area contributed by atoms with Crippen LogP contribution in [0.4, 0.5) is 10.5 Å². The maximum absolute atomic E-state index is 11.9. The van der Waals surface area contributed by atoms with Crippen molar-refractivity contribution in [1.82, 2.24) is 9.55 Å². The van der Waals surface area contributed by atoms with Crippen molar-refractivity contribution in [1.29, 1.82) is 0 Å². The number of amides is 1. The Balaban J connectivity index is 2.23. The summed E-state index contributed by atoms with van der Waals surface area (Å²) in [5, 5.41) is 2.81. The molecule has 1 N–H and O–H groups in total. The summed E-state index contributed by atoms with van der Waals surface area (Å²) >= 11 is 3.44. The molecule has 0 saturated carbocycles. The highest BCUT2D eigenvalue weighted by Crippen LogP contribution is 2.25. The lowest BCUT2D eigenvalue weighted by molar-refractivity contribution is 0.185. The van der Waals surface area contributed by atoms with E-state index >= 15 is 0 Å². The van der Waals surface area contributed by atoms with Crippen molar-refractivity contribution in [2.24, 2.45) is 0 Å². The number of nitrogens with zero attached hydrogens (tertiary/aromatic N) is 2. The fourth-order valence-electron chi connectivity index (χ4n) is 1.53. The Hall–Kier alpha value is -1.66. The molecule has 6 heteroatoms. The SMILES string of the molecule is COCc1c(Br)cccc1NC(=O)n1ccnc1. The van der Waals surface area contributed by atoms with E-state index in [0.29, 0.717) is 12.3 Å². The molecule has 0 radical (unpaired) electrons. The zero-order chi connectivity index (χ0) is 13.0. The van der Waals surface area contributed by atoms with Crippen LogP contribution in [0, 0.1) is 0 Å². The van der Waals surface area contributed by atoms with Crippen molar-refractivity contribution in [2.75, 3.05) is 12.4 Å². The van der Waals surface area contributed by atoms with Gasteiger partial charge in [0.2, 0.25) is 0 Å². The molecule has 0 aliphatic carbocycles. The third-order valence-electron chi connectivity index (χ3n) is 2.39. The lowest BCUT2D eigenvalue weighted by Gasteiger charge is -2.12. The molecule has 2 aromatic rings. The summed E-state index contributed by atoms with van der Waals surface area (Å²) in [5.41, 5.74) is 1.61. The molecule has 1 heterocycles. The average Bonchev–Trinajstić information content (AvgIpc) is 2.87. The number of ether oxygens (including phenoxy) is 1. The summed E-state index contributed by atoms with van der Waals surface area (Å²) in [6.45, 7) is 0.418. The Morgan fingerprint density at radius 2 is 2.39 bits per heavy atom. The molecule has 0 aliphatic rings. The normalized spacial score (nSPS) is 10.3. The van der Waals surface area contributed by atoms with Gasteiger partial charge in [-0.2, -0.15) is 0 Å². The quantitative estimate of drug-likeness (QED) is 0.948. The second-order valence-corrected chi connectivity index (χ2v) is 4.45. The van der Waals surface area contributed by atoms with E-state index in [9.17, 15) is 4.79 Å². The van der Waals surface area contributed by atoms with Gasteiger partial charge in [-0.25, -0.2) is 9.78 Å². The van der Waals surface area contributed by atoms with Crippen molar-refractivity contribution in [3.8, 4) is 0 Å². The highest BCUT2D eigenvalue weighted by molar-refractivity contribution is 9.10. The predicted molar refractivity (Wildman–Crippen MR) is 71.5 cm³/mol. The van der Waals surface area contributed by atoms with Gasteiger partial charge in [-0.1, -0.05) is 22.0 Å². The number of carbonyl (C=O) groups is 1. The minimum absolute atomic E-state index is 0.261. The number of benzene rings is 1. The molecular formula is C12H12BrN3O2. The van der Waals surface area contributed by atoms with E-state index in [2.05, 4.69) is 26.2 Å². The minimum Gasteiger partial charge on any atom is -0.380 e. The number of aromatic nitrogens is 2. The number of anilines is 1. The molecule has 1 aromatic carbocycles. The van der Waals surface area contributed by atoms with Crippen LogP contribution in [0.1, 0.15) is 5.56 Å². The summed E-state index contributed by atoms with van der Waals surface area (Å²) in [5.74, 6) is 0. The first-order chi connectivity index (χ1) is 8.72. The number of imidazole rings is 1. The topological polar surface area (TPSA) is 56.1 Å². The van der Waals surface area contributed by atoms with Gasteiger partial charge in [0.25, 0.3) is 0 Å². The number of hydrogen-bond acceptors (Lipinski definition) is 3. The molecule has 5 nitrogen and oxygen atoms in total. The van der Waals surface area contributed by atoms with E-state index < -0.39 is 0 Å². The first-order valence-electron chi connectivity index (χ1n) is 5.28. The summed E-state index contributed by atoms with van der Waals surface area (Å²) in [6, 6.07) is 5.32. The molecule has 0 aliphatic heterocycles. The summed E-state index contributed by atoms with van der Waals surface area (Å²) in [4.78, 5) is 15.7. The van der Waals surface area contributed by atoms with E-state index in [0.717, 1.165) is 10.0 Å². The summed E-state index contributed by atoms with van der Waals surface area (Å²) in [7, 11) is 1.61. The van der Waals surface area contributed by atoms with Crippen LogP contribution in [0.2, 0.25) is 0 Å². The Kier molecular flexibility index (Phi) is 4.11. The minimum atomic E-state index is -0.261. The van der Waals surface area contributed by atoms with Crippen molar-refractivity contribution in [2.45, 2.75) is 6.61 Å². The van der Waals surface area contributed by atoms with Crippen LogP contribution < -0.4 is 5.32 Å². The fraction of sp³-hybridized carbons (Fsp3) is 0.167. The molecule has 0 unspecified atom stereocenters. The molecule has 1 aromatic heterocycles. The molecule has 1 amide bonds. The predicted octanol–water partition coefficient (Wildman–Crippen LogP) is 2.87. The average molecular weight is 310 g/mol. The lowest BCUT2D eigenvalue weighted by atomic mass is 10.2. The highest BCUT2D eigenvalue weighted by Gasteiger charge is 2.10. The van der Waals surface area contributed by atoms with Crippen LogP contribution in [0.5, 0.6) is 0 Å². The second-order valence-electron chi connectivity index (χ2n) is 3.60. The second kappa shape index (κ2) is 5.79. The monoisotopic (exact) mass is 309 g/mol. The van der Waals surface area contributed by atoms with Crippen molar-refractivity contribution >= 4 is 27.6 Å². The van der Waals surface area contributed by atoms with E-state index in [-0.39, 0.29) is 6.03 Å². The molecule has 0 spiro atoms. The number of carbonyl (C=O) groups excluding carboxylic acids is 1. The van der Waals surface area contributed by atoms with E-state index in [4.69, 9.17) is 4.74 Å². The van der Waals surface area contributed by atoms with Gasteiger partial charge >= 0.3 is 6.03 Å². The molecule has 0 fully saturated rings. The van der Waals surface area contributed by atoms with Crippen LogP contribution in [-0.2, 0) is 11.3 Å². The van der Waals surface area contributed by atoms with Gasteiger partial charge in [0.1, 0.15) is 6.33 Å². The zero-order valence-corrected chi connectivity index (χ0v) is 11.3. The van der Waals surface area contributed by atoms with E-state index in [1.807, 2.05) is 18.2 Å². The number of halogens is 1. The molecule has 18 heavy (non-hydrogen) atoms. The third kappa shape index (κ3) is 2.77. The van der Waals surface area contributed by atoms with Crippen LogP contribution in [0.3, 0.4) is 0 Å². The van der Waals surface area contributed by atoms with Gasteiger partial charge in [0.05, 0.1) is 6.61 Å². The largest absolute Gasteiger partial charge is 0.380 e. The third-order valence-corrected chi connectivity index (χ3v) is 3.13. The van der Waals surface area contributed by atoms with E-state index in [1.165, 1.54) is 10.9 Å². The van der Waals surface area contributed by atoms with Gasteiger partial charge in [-0.15, -0.1) is 0 Å². The fourth-order valence-corrected chi connectivity index (χ4v) is 2.01. The maximum atomic E-state index is 11.9. The molecule has 94 valence electrons. The first kappa shape index (κ1) is 12.8. The number of hydrogen-bond donors (Lipinski definition) is 1. The van der Waals surface area contributed by atoms with Crippen molar-refractivity contribution in [3.05, 3.63) is 47.0 Å². The summed E-state index contributed by atoms with van der Waals surface area (Å²) in [6.07, 6.45) is 4.59. The van der Waals surface area contributed by atoms with Crippen molar-refractivity contribution < 1.29 is 9.53 Å². The Bertz CT molecular complexity index is 540. The van der Waals surface area contributed by atoms with Crippen molar-refractivity contribution in [3.63, 3.8) is 0 Å². The zero-order valence-electron chi connectivity index (χ0n) is 9.76. The smallest absolute Gasteiger partial charge is 0.331 e. The maximum Gasteiger partial charge on any atom is 0.331 e. The number of methoxy groups -OCH3 is 1. The van der Waals surface area contributed by atoms with Crippen LogP contribution in [0.25, 0.3) is 0 Å². The van der Waals surface area contributed by atoms with Crippen LogP contribution >= 0.6 is 15.9 Å². The molecule has 0 bridgehead atoms. The molecular weight excluding hydrogens is 298 g/mol. The standard InChI is InChI=1S/C12H12BrN3O2/c1-18-7-9-10(13)3-2-4-11(9)15-12(17)16-6-5-14-8-16/h2-6,8H,7H2,1H3,(H,15,17). The summed E-state index contributed by atoms with van der Waals surface area (Å²) < 4.78 is 7.39. The highest BCUT2D eigenvalue weighted by atomic mass is 79.9. The Morgan fingerprint density at radius 1 is 1.56 bits per heavy atom. The van der Waals surface area contributed by atoms with Gasteiger partial charge in [-0.3, -0.25) is 4.57 Å². The van der Waals surface area contributed by atoms with E-state index in [1.54, 1.807) is 19.5 Å². The Labute approximate surface area is 113 Å². The van der Waals surface area contributed by atoms with Gasteiger partial charge in [0, 0.05) is 35.2 Å². The van der Waals surface area contributed by atoms with Crippen LogP contribution in [0.15, 0.2) is 41.4 Å². The molecule has 0 atom stereocenters. The number of rotatable bonds is 3. The van der Waals surface area contributed by atoms with Gasteiger partial charge in [-0.05, 0) is 12.1 Å². The molecule has 0 saturated heterocycles. The number of nitrogens with one attached hydrogen (secondary N) is 1. The van der Waals surface area contributed by atoms with Gasteiger partial charge < -0.3 is 10.1 Å². The lowest BCUT2D eigenvalue weighted by Crippen LogP contribution is -2.19. The first-order valence-corrected chi connectivity index (χ1v) is 6.07. The Morgan fingerprint density at radius 3 is 3.06 bits per heavy atom. The van der Waals surface area contributed by atoms with Crippen LogP contribution in [-0.4, -0.2) is 22.7 Å².